The Morgan fingerprint density at radius 2 is 2.00 bits per heavy atom. The molecule has 0 aliphatic carbocycles. The van der Waals surface area contributed by atoms with Crippen LogP contribution in [0.4, 0.5) is 0 Å². The second kappa shape index (κ2) is 7.47. The zero-order chi connectivity index (χ0) is 16.1. The number of aliphatic hydroxyl groups is 1. The van der Waals surface area contributed by atoms with E-state index in [-0.39, 0.29) is 12.5 Å². The van der Waals surface area contributed by atoms with E-state index in [1.807, 2.05) is 38.1 Å². The van der Waals surface area contributed by atoms with E-state index in [0.29, 0.717) is 17.9 Å². The maximum Gasteiger partial charge on any atom is 0.253 e. The standard InChI is InChI=1S/C16H20N2O3S/c1-11-15(12(2)21-17-11)10-18(3)16(20)13-4-6-14(7-5-13)22-9-8-19/h4-7,19H,8-10H2,1-3H3. The van der Waals surface area contributed by atoms with E-state index in [2.05, 4.69) is 5.16 Å². The summed E-state index contributed by atoms with van der Waals surface area (Å²) in [6.45, 7) is 4.34. The highest BCUT2D eigenvalue weighted by Gasteiger charge is 2.16. The summed E-state index contributed by atoms with van der Waals surface area (Å²) in [6, 6.07) is 7.42. The molecule has 0 saturated heterocycles. The first-order chi connectivity index (χ1) is 10.5. The second-order valence-electron chi connectivity index (χ2n) is 5.06. The molecule has 0 fully saturated rings. The van der Waals surface area contributed by atoms with Gasteiger partial charge in [0.25, 0.3) is 5.91 Å². The number of hydrogen-bond donors (Lipinski definition) is 1. The fourth-order valence-corrected chi connectivity index (χ4v) is 2.77. The average Bonchev–Trinajstić information content (AvgIpc) is 2.84. The maximum absolute atomic E-state index is 12.4. The third-order valence-corrected chi connectivity index (χ3v) is 4.38. The summed E-state index contributed by atoms with van der Waals surface area (Å²) in [6.07, 6.45) is 0. The predicted molar refractivity (Wildman–Crippen MR) is 86.0 cm³/mol. The minimum absolute atomic E-state index is 0.0429. The fourth-order valence-electron chi connectivity index (χ4n) is 2.11. The summed E-state index contributed by atoms with van der Waals surface area (Å²) in [7, 11) is 1.77. The Labute approximate surface area is 134 Å². The number of rotatable bonds is 6. The van der Waals surface area contributed by atoms with Gasteiger partial charge in [0, 0.05) is 28.8 Å². The molecule has 0 unspecified atom stereocenters. The van der Waals surface area contributed by atoms with E-state index in [4.69, 9.17) is 9.63 Å². The summed E-state index contributed by atoms with van der Waals surface area (Å²) in [5.41, 5.74) is 2.40. The Morgan fingerprint density at radius 1 is 1.32 bits per heavy atom. The van der Waals surface area contributed by atoms with Crippen molar-refractivity contribution in [2.24, 2.45) is 0 Å². The molecule has 2 aromatic rings. The van der Waals surface area contributed by atoms with Crippen molar-refractivity contribution in [1.82, 2.24) is 10.1 Å². The molecule has 2 rings (SSSR count). The minimum atomic E-state index is -0.0429. The van der Waals surface area contributed by atoms with Crippen LogP contribution in [0.3, 0.4) is 0 Å². The van der Waals surface area contributed by atoms with Crippen molar-refractivity contribution >= 4 is 17.7 Å². The van der Waals surface area contributed by atoms with E-state index >= 15 is 0 Å². The lowest BCUT2D eigenvalue weighted by Crippen LogP contribution is -2.26. The third kappa shape index (κ3) is 3.90. The van der Waals surface area contributed by atoms with Gasteiger partial charge >= 0.3 is 0 Å². The molecule has 1 heterocycles. The molecule has 118 valence electrons. The molecule has 0 atom stereocenters. The largest absolute Gasteiger partial charge is 0.396 e. The molecule has 1 aromatic carbocycles. The number of aryl methyl sites for hydroxylation is 2. The molecule has 0 spiro atoms. The molecule has 6 heteroatoms. The van der Waals surface area contributed by atoms with Crippen LogP contribution >= 0.6 is 11.8 Å². The highest BCUT2D eigenvalue weighted by Crippen LogP contribution is 2.19. The van der Waals surface area contributed by atoms with Crippen LogP contribution in [0, 0.1) is 13.8 Å². The van der Waals surface area contributed by atoms with Gasteiger partial charge in [0.05, 0.1) is 18.8 Å². The first kappa shape index (κ1) is 16.6. The van der Waals surface area contributed by atoms with Gasteiger partial charge in [-0.1, -0.05) is 5.16 Å². The van der Waals surface area contributed by atoms with Crippen LogP contribution in [-0.4, -0.2) is 40.5 Å². The number of amides is 1. The van der Waals surface area contributed by atoms with Crippen molar-refractivity contribution in [3.05, 3.63) is 46.8 Å². The van der Waals surface area contributed by atoms with E-state index in [1.165, 1.54) is 0 Å². The van der Waals surface area contributed by atoms with Crippen LogP contribution in [0.15, 0.2) is 33.7 Å². The van der Waals surface area contributed by atoms with Gasteiger partial charge in [-0.25, -0.2) is 0 Å². The summed E-state index contributed by atoms with van der Waals surface area (Å²) >= 11 is 1.56. The number of thioether (sulfide) groups is 1. The number of benzene rings is 1. The van der Waals surface area contributed by atoms with Crippen LogP contribution in [0.2, 0.25) is 0 Å². The summed E-state index contributed by atoms with van der Waals surface area (Å²) in [5, 5.41) is 12.7. The molecular weight excluding hydrogens is 300 g/mol. The molecule has 0 aliphatic heterocycles. The molecule has 1 N–H and O–H groups in total. The van der Waals surface area contributed by atoms with E-state index in [0.717, 1.165) is 21.9 Å². The van der Waals surface area contributed by atoms with E-state index in [9.17, 15) is 4.79 Å². The van der Waals surface area contributed by atoms with Gasteiger partial charge < -0.3 is 14.5 Å². The molecular formula is C16H20N2O3S. The van der Waals surface area contributed by atoms with Gasteiger partial charge in [-0.2, -0.15) is 0 Å². The Balaban J connectivity index is 2.04. The molecule has 1 amide bonds. The van der Waals surface area contributed by atoms with E-state index < -0.39 is 0 Å². The number of carbonyl (C=O) groups is 1. The number of carbonyl (C=O) groups excluding carboxylic acids is 1. The van der Waals surface area contributed by atoms with Gasteiger partial charge in [0.15, 0.2) is 0 Å². The normalized spacial score (nSPS) is 10.7. The van der Waals surface area contributed by atoms with Crippen molar-refractivity contribution < 1.29 is 14.4 Å². The monoisotopic (exact) mass is 320 g/mol. The quantitative estimate of drug-likeness (QED) is 0.829. The molecule has 0 bridgehead atoms. The Morgan fingerprint density at radius 3 is 2.55 bits per heavy atom. The minimum Gasteiger partial charge on any atom is -0.396 e. The van der Waals surface area contributed by atoms with Gasteiger partial charge in [-0.05, 0) is 38.1 Å². The SMILES string of the molecule is Cc1noc(C)c1CN(C)C(=O)c1ccc(SCCO)cc1. The third-order valence-electron chi connectivity index (χ3n) is 3.38. The first-order valence-electron chi connectivity index (χ1n) is 7.04. The van der Waals surface area contributed by atoms with Crippen LogP contribution in [0.25, 0.3) is 0 Å². The molecule has 0 aliphatic rings. The smallest absolute Gasteiger partial charge is 0.253 e. The van der Waals surface area contributed by atoms with Gasteiger partial charge in [0.2, 0.25) is 0 Å². The average molecular weight is 320 g/mol. The molecule has 0 radical (unpaired) electrons. The predicted octanol–water partition coefficient (Wildman–Crippen LogP) is 2.65. The van der Waals surface area contributed by atoms with Crippen molar-refractivity contribution in [3.63, 3.8) is 0 Å². The molecule has 5 nitrogen and oxygen atoms in total. The Bertz CT molecular complexity index is 618. The lowest BCUT2D eigenvalue weighted by molar-refractivity contribution is 0.0784. The zero-order valence-corrected chi connectivity index (χ0v) is 13.8. The van der Waals surface area contributed by atoms with Gasteiger partial charge in [0.1, 0.15) is 5.76 Å². The van der Waals surface area contributed by atoms with Gasteiger partial charge in [-0.15, -0.1) is 11.8 Å². The van der Waals surface area contributed by atoms with Crippen LogP contribution < -0.4 is 0 Å². The summed E-state index contributed by atoms with van der Waals surface area (Å²) < 4.78 is 5.12. The van der Waals surface area contributed by atoms with Crippen LogP contribution in [0.1, 0.15) is 27.4 Å². The molecule has 1 aromatic heterocycles. The first-order valence-corrected chi connectivity index (χ1v) is 8.02. The zero-order valence-electron chi connectivity index (χ0n) is 13.0. The van der Waals surface area contributed by atoms with Crippen LogP contribution in [0.5, 0.6) is 0 Å². The van der Waals surface area contributed by atoms with Gasteiger partial charge in [-0.3, -0.25) is 4.79 Å². The van der Waals surface area contributed by atoms with Crippen LogP contribution in [-0.2, 0) is 6.54 Å². The van der Waals surface area contributed by atoms with Crippen molar-refractivity contribution in [3.8, 4) is 0 Å². The van der Waals surface area contributed by atoms with Crippen molar-refractivity contribution in [1.29, 1.82) is 0 Å². The second-order valence-corrected chi connectivity index (χ2v) is 6.23. The maximum atomic E-state index is 12.4. The number of aromatic nitrogens is 1. The highest BCUT2D eigenvalue weighted by molar-refractivity contribution is 7.99. The van der Waals surface area contributed by atoms with Crippen molar-refractivity contribution in [2.75, 3.05) is 19.4 Å². The number of nitrogens with zero attached hydrogens (tertiary/aromatic N) is 2. The highest BCUT2D eigenvalue weighted by atomic mass is 32.2. The summed E-state index contributed by atoms with van der Waals surface area (Å²) in [4.78, 5) is 15.1. The Hall–Kier alpha value is -1.79. The molecule has 22 heavy (non-hydrogen) atoms. The summed E-state index contributed by atoms with van der Waals surface area (Å²) in [5.74, 6) is 1.35. The van der Waals surface area contributed by atoms with E-state index in [1.54, 1.807) is 23.7 Å². The number of hydrogen-bond acceptors (Lipinski definition) is 5. The Kier molecular flexibility index (Phi) is 5.63. The lowest BCUT2D eigenvalue weighted by Gasteiger charge is -2.17. The van der Waals surface area contributed by atoms with Crippen molar-refractivity contribution in [2.45, 2.75) is 25.3 Å². The topological polar surface area (TPSA) is 66.6 Å². The fraction of sp³-hybridized carbons (Fsp3) is 0.375. The molecule has 0 saturated carbocycles. The number of aliphatic hydroxyl groups excluding tert-OH is 1. The lowest BCUT2D eigenvalue weighted by atomic mass is 10.1.